The number of esters is 1. The Hall–Kier alpha value is -3.15. The van der Waals surface area contributed by atoms with Crippen molar-refractivity contribution in [3.05, 3.63) is 59.2 Å². The standard InChI is InChI=1S/C21H23NO5/c1-13-7-5-8-14(2)20(13)26-12-19(24)27-16(4)21(25)22-18-10-6-9-17(11-18)15(3)23/h5-11,16H,12H2,1-4H3,(H,22,25). The number of ether oxygens (including phenoxy) is 2. The van der Waals surface area contributed by atoms with Gasteiger partial charge in [-0.1, -0.05) is 30.3 Å². The molecule has 0 heterocycles. The van der Waals surface area contributed by atoms with Crippen molar-refractivity contribution in [1.82, 2.24) is 0 Å². The van der Waals surface area contributed by atoms with Crippen molar-refractivity contribution in [1.29, 1.82) is 0 Å². The first kappa shape index (κ1) is 20.2. The van der Waals surface area contributed by atoms with Gasteiger partial charge in [-0.25, -0.2) is 4.79 Å². The molecule has 0 aliphatic carbocycles. The number of hydrogen-bond donors (Lipinski definition) is 1. The zero-order valence-electron chi connectivity index (χ0n) is 15.9. The van der Waals surface area contributed by atoms with E-state index in [2.05, 4.69) is 5.32 Å². The van der Waals surface area contributed by atoms with Crippen LogP contribution in [-0.4, -0.2) is 30.4 Å². The molecule has 142 valence electrons. The van der Waals surface area contributed by atoms with Gasteiger partial charge in [0.1, 0.15) is 5.75 Å². The Morgan fingerprint density at radius 3 is 2.30 bits per heavy atom. The smallest absolute Gasteiger partial charge is 0.344 e. The molecule has 6 heteroatoms. The Bertz CT molecular complexity index is 839. The van der Waals surface area contributed by atoms with Gasteiger partial charge in [0.2, 0.25) is 0 Å². The number of nitrogens with one attached hydrogen (secondary N) is 1. The number of rotatable bonds is 7. The highest BCUT2D eigenvalue weighted by Crippen LogP contribution is 2.22. The third kappa shape index (κ3) is 5.67. The first-order valence-corrected chi connectivity index (χ1v) is 8.58. The van der Waals surface area contributed by atoms with E-state index in [-0.39, 0.29) is 12.4 Å². The quantitative estimate of drug-likeness (QED) is 0.597. The highest BCUT2D eigenvalue weighted by molar-refractivity contribution is 5.98. The Morgan fingerprint density at radius 2 is 1.67 bits per heavy atom. The van der Waals surface area contributed by atoms with Crippen molar-refractivity contribution in [2.45, 2.75) is 33.8 Å². The minimum atomic E-state index is -1.000. The Labute approximate surface area is 158 Å². The van der Waals surface area contributed by atoms with Crippen LogP contribution in [0.2, 0.25) is 0 Å². The molecule has 0 aliphatic rings. The molecule has 1 amide bonds. The van der Waals surface area contributed by atoms with E-state index in [0.717, 1.165) is 11.1 Å². The van der Waals surface area contributed by atoms with Crippen LogP contribution in [0.5, 0.6) is 5.75 Å². The van der Waals surface area contributed by atoms with Crippen molar-refractivity contribution < 1.29 is 23.9 Å². The van der Waals surface area contributed by atoms with Gasteiger partial charge in [0.25, 0.3) is 5.91 Å². The first-order valence-electron chi connectivity index (χ1n) is 8.58. The molecule has 0 radical (unpaired) electrons. The van der Waals surface area contributed by atoms with Crippen LogP contribution in [0.4, 0.5) is 5.69 Å². The van der Waals surface area contributed by atoms with Crippen LogP contribution in [0.25, 0.3) is 0 Å². The molecule has 27 heavy (non-hydrogen) atoms. The molecule has 2 aromatic carbocycles. The number of hydrogen-bond acceptors (Lipinski definition) is 5. The molecular formula is C21H23NO5. The molecule has 1 N–H and O–H groups in total. The second kappa shape index (κ2) is 8.98. The Morgan fingerprint density at radius 1 is 1.04 bits per heavy atom. The van der Waals surface area contributed by atoms with Crippen LogP contribution in [0.1, 0.15) is 35.3 Å². The number of ketones is 1. The molecule has 0 aromatic heterocycles. The summed E-state index contributed by atoms with van der Waals surface area (Å²) >= 11 is 0. The normalized spacial score (nSPS) is 11.4. The molecule has 2 aromatic rings. The zero-order valence-corrected chi connectivity index (χ0v) is 15.9. The molecule has 0 aliphatic heterocycles. The Balaban J connectivity index is 1.89. The predicted octanol–water partition coefficient (Wildman–Crippen LogP) is 3.46. The van der Waals surface area contributed by atoms with Crippen LogP contribution in [0.3, 0.4) is 0 Å². The molecule has 0 saturated carbocycles. The van der Waals surface area contributed by atoms with Gasteiger partial charge in [0.05, 0.1) is 0 Å². The van der Waals surface area contributed by atoms with E-state index in [4.69, 9.17) is 9.47 Å². The average molecular weight is 369 g/mol. The maximum atomic E-state index is 12.2. The number of amides is 1. The van der Waals surface area contributed by atoms with E-state index < -0.39 is 18.0 Å². The van der Waals surface area contributed by atoms with Gasteiger partial charge in [-0.15, -0.1) is 0 Å². The summed E-state index contributed by atoms with van der Waals surface area (Å²) in [6, 6.07) is 12.2. The van der Waals surface area contributed by atoms with Crippen molar-refractivity contribution in [2.24, 2.45) is 0 Å². The highest BCUT2D eigenvalue weighted by Gasteiger charge is 2.19. The van der Waals surface area contributed by atoms with Crippen LogP contribution in [0, 0.1) is 13.8 Å². The fourth-order valence-corrected chi connectivity index (χ4v) is 2.50. The SMILES string of the molecule is CC(=O)c1cccc(NC(=O)C(C)OC(=O)COc2c(C)cccc2C)c1. The van der Waals surface area contributed by atoms with E-state index in [1.807, 2.05) is 32.0 Å². The number of anilines is 1. The summed E-state index contributed by atoms with van der Waals surface area (Å²) in [7, 11) is 0. The van der Waals surface area contributed by atoms with Gasteiger partial charge in [0, 0.05) is 11.3 Å². The molecule has 6 nitrogen and oxygen atoms in total. The molecule has 1 atom stereocenters. The summed E-state index contributed by atoms with van der Waals surface area (Å²) in [5, 5.41) is 2.63. The number of carbonyl (C=O) groups is 3. The van der Waals surface area contributed by atoms with Gasteiger partial charge < -0.3 is 14.8 Å². The number of para-hydroxylation sites is 1. The number of carbonyl (C=O) groups excluding carboxylic acids is 3. The van der Waals surface area contributed by atoms with Crippen LogP contribution in [-0.2, 0) is 14.3 Å². The molecule has 0 saturated heterocycles. The highest BCUT2D eigenvalue weighted by atomic mass is 16.6. The lowest BCUT2D eigenvalue weighted by Crippen LogP contribution is -2.31. The molecule has 1 unspecified atom stereocenters. The summed E-state index contributed by atoms with van der Waals surface area (Å²) in [5.74, 6) is -0.601. The fourth-order valence-electron chi connectivity index (χ4n) is 2.50. The predicted molar refractivity (Wildman–Crippen MR) is 102 cm³/mol. The third-order valence-corrected chi connectivity index (χ3v) is 3.96. The van der Waals surface area contributed by atoms with Gasteiger partial charge in [-0.3, -0.25) is 9.59 Å². The molecule has 0 spiro atoms. The summed E-state index contributed by atoms with van der Waals surface area (Å²) in [4.78, 5) is 35.6. The van der Waals surface area contributed by atoms with Gasteiger partial charge >= 0.3 is 5.97 Å². The van der Waals surface area contributed by atoms with E-state index in [0.29, 0.717) is 17.0 Å². The van der Waals surface area contributed by atoms with Crippen molar-refractivity contribution in [2.75, 3.05) is 11.9 Å². The van der Waals surface area contributed by atoms with Gasteiger partial charge in [0.15, 0.2) is 18.5 Å². The molecule has 2 rings (SSSR count). The van der Waals surface area contributed by atoms with Crippen molar-refractivity contribution in [3.63, 3.8) is 0 Å². The van der Waals surface area contributed by atoms with Crippen LogP contribution < -0.4 is 10.1 Å². The number of aryl methyl sites for hydroxylation is 2. The molecule has 0 fully saturated rings. The van der Waals surface area contributed by atoms with E-state index in [1.54, 1.807) is 24.3 Å². The summed E-state index contributed by atoms with van der Waals surface area (Å²) < 4.78 is 10.6. The lowest BCUT2D eigenvalue weighted by molar-refractivity contribution is -0.155. The molecule has 0 bridgehead atoms. The monoisotopic (exact) mass is 369 g/mol. The van der Waals surface area contributed by atoms with E-state index >= 15 is 0 Å². The lowest BCUT2D eigenvalue weighted by atomic mass is 10.1. The summed E-state index contributed by atoms with van der Waals surface area (Å²) in [5.41, 5.74) is 2.78. The average Bonchev–Trinajstić information content (AvgIpc) is 2.61. The molecular weight excluding hydrogens is 346 g/mol. The van der Waals surface area contributed by atoms with Crippen LogP contribution in [0.15, 0.2) is 42.5 Å². The van der Waals surface area contributed by atoms with Crippen LogP contribution >= 0.6 is 0 Å². The van der Waals surface area contributed by atoms with Gasteiger partial charge in [-0.05, 0) is 51.0 Å². The van der Waals surface area contributed by atoms with Gasteiger partial charge in [-0.2, -0.15) is 0 Å². The second-order valence-electron chi connectivity index (χ2n) is 6.27. The van der Waals surface area contributed by atoms with Crippen molar-refractivity contribution >= 4 is 23.3 Å². The van der Waals surface area contributed by atoms with E-state index in [1.165, 1.54) is 13.8 Å². The first-order chi connectivity index (χ1) is 12.8. The summed E-state index contributed by atoms with van der Waals surface area (Å²) in [6.07, 6.45) is -1.000. The van der Waals surface area contributed by atoms with Crippen molar-refractivity contribution in [3.8, 4) is 5.75 Å². The zero-order chi connectivity index (χ0) is 20.0. The second-order valence-corrected chi connectivity index (χ2v) is 6.27. The largest absolute Gasteiger partial charge is 0.481 e. The maximum absolute atomic E-state index is 12.2. The van der Waals surface area contributed by atoms with E-state index in [9.17, 15) is 14.4 Å². The number of benzene rings is 2. The lowest BCUT2D eigenvalue weighted by Gasteiger charge is -2.15. The summed E-state index contributed by atoms with van der Waals surface area (Å²) in [6.45, 7) is 6.41. The topological polar surface area (TPSA) is 81.7 Å². The minimum absolute atomic E-state index is 0.103. The fraction of sp³-hybridized carbons (Fsp3) is 0.286. The maximum Gasteiger partial charge on any atom is 0.344 e. The minimum Gasteiger partial charge on any atom is -0.481 e. The Kier molecular flexibility index (Phi) is 6.71. The third-order valence-electron chi connectivity index (χ3n) is 3.96. The number of Topliss-reactive ketones (excluding diaryl/α,β-unsaturated/α-hetero) is 1.